The largest absolute Gasteiger partial charge is 0.271 e. The van der Waals surface area contributed by atoms with Gasteiger partial charge in [-0.2, -0.15) is 0 Å². The van der Waals surface area contributed by atoms with Crippen LogP contribution in [0.2, 0.25) is 0 Å². The fourth-order valence-electron chi connectivity index (χ4n) is 3.04. The molecule has 1 aliphatic rings. The number of hydrogen-bond donors (Lipinski definition) is 2. The summed E-state index contributed by atoms with van der Waals surface area (Å²) in [5.41, 5.74) is 3.06. The van der Waals surface area contributed by atoms with Crippen LogP contribution in [0.5, 0.6) is 0 Å². The lowest BCUT2D eigenvalue weighted by Gasteiger charge is -2.25. The molecule has 2 nitrogen and oxygen atoms in total. The molecule has 17 heavy (non-hydrogen) atoms. The number of nitrogens with one attached hydrogen (secondary N) is 1. The number of thiophene rings is 1. The molecule has 1 aliphatic carbocycles. The predicted molar refractivity (Wildman–Crippen MR) is 75.0 cm³/mol. The van der Waals surface area contributed by atoms with Crippen molar-refractivity contribution in [3.05, 3.63) is 21.9 Å². The van der Waals surface area contributed by atoms with E-state index in [2.05, 4.69) is 31.4 Å². The molecule has 0 radical (unpaired) electrons. The Kier molecular flexibility index (Phi) is 4.60. The topological polar surface area (TPSA) is 38.0 Å². The molecule has 0 aromatic carbocycles. The van der Waals surface area contributed by atoms with E-state index in [1.165, 1.54) is 29.0 Å². The summed E-state index contributed by atoms with van der Waals surface area (Å²) in [4.78, 5) is 2.96. The van der Waals surface area contributed by atoms with E-state index in [1.807, 2.05) is 11.3 Å². The maximum absolute atomic E-state index is 5.76. The third-order valence-electron chi connectivity index (χ3n) is 4.15. The Morgan fingerprint density at radius 3 is 2.71 bits per heavy atom. The summed E-state index contributed by atoms with van der Waals surface area (Å²) in [6, 6.07) is 4.98. The van der Waals surface area contributed by atoms with E-state index < -0.39 is 0 Å². The second-order valence-electron chi connectivity index (χ2n) is 5.27. The van der Waals surface area contributed by atoms with Crippen molar-refractivity contribution in [2.75, 3.05) is 0 Å². The summed E-state index contributed by atoms with van der Waals surface area (Å²) in [5, 5.41) is 0. The molecule has 0 amide bonds. The van der Waals surface area contributed by atoms with Crippen LogP contribution in [-0.2, 0) is 12.8 Å². The van der Waals surface area contributed by atoms with Crippen LogP contribution in [0, 0.1) is 11.8 Å². The number of hydrogen-bond acceptors (Lipinski definition) is 3. The van der Waals surface area contributed by atoms with Gasteiger partial charge in [0.2, 0.25) is 0 Å². The summed E-state index contributed by atoms with van der Waals surface area (Å²) in [5.74, 6) is 7.33. The van der Waals surface area contributed by atoms with E-state index in [0.717, 1.165) is 24.7 Å². The molecule has 96 valence electrons. The minimum absolute atomic E-state index is 0.454. The molecule has 3 heteroatoms. The minimum Gasteiger partial charge on any atom is -0.271 e. The van der Waals surface area contributed by atoms with Gasteiger partial charge in [-0.1, -0.05) is 26.7 Å². The average Bonchev–Trinajstić information content (AvgIpc) is 2.95. The van der Waals surface area contributed by atoms with Crippen molar-refractivity contribution in [2.45, 2.75) is 52.0 Å². The highest BCUT2D eigenvalue weighted by Crippen LogP contribution is 2.35. The first kappa shape index (κ1) is 13.1. The first-order valence-corrected chi connectivity index (χ1v) is 7.60. The van der Waals surface area contributed by atoms with Crippen molar-refractivity contribution >= 4 is 11.3 Å². The third-order valence-corrected chi connectivity index (χ3v) is 5.40. The molecule has 1 heterocycles. The van der Waals surface area contributed by atoms with Gasteiger partial charge in [0, 0.05) is 15.8 Å². The van der Waals surface area contributed by atoms with Crippen LogP contribution in [0.4, 0.5) is 0 Å². The predicted octanol–water partition coefficient (Wildman–Crippen LogP) is 3.12. The third kappa shape index (κ3) is 3.09. The molecule has 1 aromatic heterocycles. The first-order valence-electron chi connectivity index (χ1n) is 6.78. The zero-order valence-corrected chi connectivity index (χ0v) is 11.7. The fraction of sp³-hybridized carbons (Fsp3) is 0.714. The number of aryl methyl sites for hydroxylation is 1. The van der Waals surface area contributed by atoms with E-state index in [0.29, 0.717) is 6.04 Å². The molecule has 0 aliphatic heterocycles. The molecule has 1 aromatic rings. The van der Waals surface area contributed by atoms with E-state index in [1.54, 1.807) is 0 Å². The summed E-state index contributed by atoms with van der Waals surface area (Å²) in [6.07, 6.45) is 6.31. The number of rotatable bonds is 5. The molecular weight excluding hydrogens is 228 g/mol. The van der Waals surface area contributed by atoms with Crippen LogP contribution in [-0.4, -0.2) is 6.04 Å². The molecule has 1 fully saturated rings. The zero-order chi connectivity index (χ0) is 12.3. The van der Waals surface area contributed by atoms with Crippen LogP contribution in [0.15, 0.2) is 12.1 Å². The zero-order valence-electron chi connectivity index (χ0n) is 10.9. The smallest absolute Gasteiger partial charge is 0.0289 e. The van der Waals surface area contributed by atoms with Crippen LogP contribution in [0.25, 0.3) is 0 Å². The van der Waals surface area contributed by atoms with Gasteiger partial charge in [-0.15, -0.1) is 11.3 Å². The second kappa shape index (κ2) is 5.98. The molecule has 3 unspecified atom stereocenters. The summed E-state index contributed by atoms with van der Waals surface area (Å²) < 4.78 is 0. The highest BCUT2D eigenvalue weighted by atomic mass is 32.1. The Morgan fingerprint density at radius 1 is 1.41 bits per heavy atom. The van der Waals surface area contributed by atoms with Crippen LogP contribution >= 0.6 is 11.3 Å². The van der Waals surface area contributed by atoms with Crippen LogP contribution < -0.4 is 11.3 Å². The van der Waals surface area contributed by atoms with Crippen molar-refractivity contribution in [3.8, 4) is 0 Å². The quantitative estimate of drug-likeness (QED) is 0.624. The molecule has 0 spiro atoms. The maximum Gasteiger partial charge on any atom is 0.0289 e. The lowest BCUT2D eigenvalue weighted by molar-refractivity contribution is 0.298. The Hall–Kier alpha value is -0.380. The Balaban J connectivity index is 1.99. The standard InChI is InChI=1S/C14H24N2S/c1-3-11-7-8-12(17-11)9-14(16-15)13-6-4-5-10(13)2/h7-8,10,13-14,16H,3-6,9,15H2,1-2H3. The van der Waals surface area contributed by atoms with Crippen molar-refractivity contribution in [1.29, 1.82) is 0 Å². The Morgan fingerprint density at radius 2 is 2.18 bits per heavy atom. The molecular formula is C14H24N2S. The molecule has 3 atom stereocenters. The molecule has 0 bridgehead atoms. The number of nitrogens with two attached hydrogens (primary N) is 1. The van der Waals surface area contributed by atoms with Crippen molar-refractivity contribution in [2.24, 2.45) is 17.7 Å². The maximum atomic E-state index is 5.76. The van der Waals surface area contributed by atoms with Gasteiger partial charge in [-0.25, -0.2) is 0 Å². The van der Waals surface area contributed by atoms with Crippen LogP contribution in [0.1, 0.15) is 42.9 Å². The summed E-state index contributed by atoms with van der Waals surface area (Å²) >= 11 is 1.94. The van der Waals surface area contributed by atoms with Gasteiger partial charge in [-0.05, 0) is 43.2 Å². The molecule has 3 N–H and O–H groups in total. The van der Waals surface area contributed by atoms with E-state index in [4.69, 9.17) is 5.84 Å². The van der Waals surface area contributed by atoms with Gasteiger partial charge in [0.15, 0.2) is 0 Å². The summed E-state index contributed by atoms with van der Waals surface area (Å²) in [7, 11) is 0. The normalized spacial score (nSPS) is 26.3. The minimum atomic E-state index is 0.454. The van der Waals surface area contributed by atoms with Crippen LogP contribution in [0.3, 0.4) is 0 Å². The lowest BCUT2D eigenvalue weighted by atomic mass is 9.88. The SMILES string of the molecule is CCc1ccc(CC(NN)C2CCCC2C)s1. The highest BCUT2D eigenvalue weighted by Gasteiger charge is 2.30. The Labute approximate surface area is 109 Å². The van der Waals surface area contributed by atoms with Crippen molar-refractivity contribution < 1.29 is 0 Å². The van der Waals surface area contributed by atoms with Gasteiger partial charge in [0.1, 0.15) is 0 Å². The van der Waals surface area contributed by atoms with Gasteiger partial charge < -0.3 is 0 Å². The average molecular weight is 252 g/mol. The number of hydrazine groups is 1. The fourth-order valence-corrected chi connectivity index (χ4v) is 4.06. The monoisotopic (exact) mass is 252 g/mol. The van der Waals surface area contributed by atoms with E-state index in [-0.39, 0.29) is 0 Å². The molecule has 1 saturated carbocycles. The van der Waals surface area contributed by atoms with Crippen molar-refractivity contribution in [3.63, 3.8) is 0 Å². The molecule has 0 saturated heterocycles. The van der Waals surface area contributed by atoms with E-state index >= 15 is 0 Å². The second-order valence-corrected chi connectivity index (χ2v) is 6.52. The van der Waals surface area contributed by atoms with Gasteiger partial charge in [0.25, 0.3) is 0 Å². The highest BCUT2D eigenvalue weighted by molar-refractivity contribution is 7.11. The van der Waals surface area contributed by atoms with Crippen molar-refractivity contribution in [1.82, 2.24) is 5.43 Å². The van der Waals surface area contributed by atoms with E-state index in [9.17, 15) is 0 Å². The van der Waals surface area contributed by atoms with Gasteiger partial charge in [-0.3, -0.25) is 11.3 Å². The first-order chi connectivity index (χ1) is 8.24. The van der Waals surface area contributed by atoms with Gasteiger partial charge in [0.05, 0.1) is 0 Å². The lowest BCUT2D eigenvalue weighted by Crippen LogP contribution is -2.43. The molecule has 2 rings (SSSR count). The van der Waals surface area contributed by atoms with Gasteiger partial charge >= 0.3 is 0 Å². The summed E-state index contributed by atoms with van der Waals surface area (Å²) in [6.45, 7) is 4.58. The Bertz CT molecular complexity index is 348.